The number of hydrogen-bond acceptors (Lipinski definition) is 6. The normalized spacial score (nSPS) is 23.8. The lowest BCUT2D eigenvalue weighted by atomic mass is 9.74. The predicted octanol–water partition coefficient (Wildman–Crippen LogP) is 2.24. The molecule has 1 aliphatic carbocycles. The largest absolute Gasteiger partial charge is 0.454 e. The van der Waals surface area contributed by atoms with Crippen molar-refractivity contribution in [3.63, 3.8) is 0 Å². The number of amides is 1. The molecule has 7 nitrogen and oxygen atoms in total. The van der Waals surface area contributed by atoms with Gasteiger partial charge in [-0.2, -0.15) is 0 Å². The fraction of sp³-hybridized carbons (Fsp3) is 0.455. The van der Waals surface area contributed by atoms with E-state index in [1.54, 1.807) is 0 Å². The number of nitrogens with one attached hydrogen (secondary N) is 1. The molecule has 0 bridgehead atoms. The van der Waals surface area contributed by atoms with E-state index in [4.69, 9.17) is 14.2 Å². The number of ketones is 1. The second-order valence-electron chi connectivity index (χ2n) is 7.78. The average Bonchev–Trinajstić information content (AvgIpc) is 3.21. The second kappa shape index (κ2) is 7.22. The van der Waals surface area contributed by atoms with Gasteiger partial charge in [-0.15, -0.1) is 0 Å². The minimum absolute atomic E-state index is 0.0362. The summed E-state index contributed by atoms with van der Waals surface area (Å²) in [6.07, 6.45) is 2.16. The summed E-state index contributed by atoms with van der Waals surface area (Å²) in [4.78, 5) is 28.3. The molecule has 3 heterocycles. The first-order valence-electron chi connectivity index (χ1n) is 10.1. The molecule has 1 fully saturated rings. The Balaban J connectivity index is 1.61. The van der Waals surface area contributed by atoms with Gasteiger partial charge < -0.3 is 24.4 Å². The first-order valence-corrected chi connectivity index (χ1v) is 10.1. The lowest BCUT2D eigenvalue weighted by molar-refractivity contribution is -0.131. The molecular weight excluding hydrogens is 372 g/mol. The van der Waals surface area contributed by atoms with Gasteiger partial charge in [0.2, 0.25) is 6.79 Å². The predicted molar refractivity (Wildman–Crippen MR) is 104 cm³/mol. The van der Waals surface area contributed by atoms with Crippen LogP contribution in [0.5, 0.6) is 11.5 Å². The summed E-state index contributed by atoms with van der Waals surface area (Å²) in [7, 11) is 0. The zero-order valence-corrected chi connectivity index (χ0v) is 16.5. The summed E-state index contributed by atoms with van der Waals surface area (Å²) < 4.78 is 16.4. The van der Waals surface area contributed by atoms with Crippen LogP contribution in [-0.4, -0.2) is 49.7 Å². The molecular formula is C22H24N2O5. The first-order chi connectivity index (χ1) is 14.1. The Bertz CT molecular complexity index is 943. The maximum absolute atomic E-state index is 13.5. The number of ether oxygens (including phenoxy) is 3. The molecule has 5 rings (SSSR count). The molecule has 1 unspecified atom stereocenters. The summed E-state index contributed by atoms with van der Waals surface area (Å²) in [6, 6.07) is 5.71. The van der Waals surface area contributed by atoms with Crippen molar-refractivity contribution in [2.45, 2.75) is 32.1 Å². The molecule has 1 aromatic carbocycles. The molecule has 0 saturated carbocycles. The lowest BCUT2D eigenvalue weighted by Gasteiger charge is -2.37. The number of dihydropyridines is 1. The van der Waals surface area contributed by atoms with Crippen LogP contribution >= 0.6 is 0 Å². The number of Topliss-reactive ketones (excluding diaryl/α,β-unsaturated/α-hetero) is 1. The Morgan fingerprint density at radius 3 is 2.76 bits per heavy atom. The number of allylic oxidation sites excluding steroid dienone is 3. The number of nitrogens with zero attached hydrogens (tertiary/aromatic N) is 1. The van der Waals surface area contributed by atoms with Gasteiger partial charge >= 0.3 is 0 Å². The molecule has 0 radical (unpaired) electrons. The van der Waals surface area contributed by atoms with Crippen LogP contribution < -0.4 is 14.8 Å². The van der Waals surface area contributed by atoms with E-state index in [0.29, 0.717) is 49.8 Å². The van der Waals surface area contributed by atoms with Gasteiger partial charge in [0.15, 0.2) is 17.3 Å². The zero-order valence-electron chi connectivity index (χ0n) is 16.5. The van der Waals surface area contributed by atoms with Gasteiger partial charge in [-0.3, -0.25) is 9.59 Å². The van der Waals surface area contributed by atoms with Crippen LogP contribution in [0.2, 0.25) is 0 Å². The Morgan fingerprint density at radius 2 is 1.93 bits per heavy atom. The van der Waals surface area contributed by atoms with Crippen LogP contribution in [0, 0.1) is 0 Å². The molecule has 4 aliphatic rings. The van der Waals surface area contributed by atoms with Crippen molar-refractivity contribution in [2.24, 2.45) is 0 Å². The highest BCUT2D eigenvalue weighted by atomic mass is 16.7. The number of morpholine rings is 1. The third-order valence-electron chi connectivity index (χ3n) is 6.03. The minimum atomic E-state index is -0.399. The van der Waals surface area contributed by atoms with E-state index in [9.17, 15) is 9.59 Å². The highest BCUT2D eigenvalue weighted by molar-refractivity contribution is 6.05. The Kier molecular flexibility index (Phi) is 4.54. The fourth-order valence-electron chi connectivity index (χ4n) is 4.63. The molecule has 1 N–H and O–H groups in total. The Morgan fingerprint density at radius 1 is 1.14 bits per heavy atom. The summed E-state index contributed by atoms with van der Waals surface area (Å²) in [5.74, 6) is 1.02. The molecule has 29 heavy (non-hydrogen) atoms. The summed E-state index contributed by atoms with van der Waals surface area (Å²) in [5, 5.41) is 3.37. The quantitative estimate of drug-likeness (QED) is 0.826. The van der Waals surface area contributed by atoms with Gasteiger partial charge in [0.05, 0.1) is 13.2 Å². The number of fused-ring (bicyclic) bond motifs is 1. The highest BCUT2D eigenvalue weighted by Gasteiger charge is 2.40. The molecule has 3 aliphatic heterocycles. The van der Waals surface area contributed by atoms with Crippen molar-refractivity contribution < 1.29 is 23.8 Å². The van der Waals surface area contributed by atoms with E-state index in [1.807, 2.05) is 30.0 Å². The molecule has 1 atom stereocenters. The SMILES string of the molecule is CC1=C(C(=O)N2CCOCC2)C(c2ccc3c(c2)OCO3)C2=C(CCCC2=O)N1. The average molecular weight is 396 g/mol. The van der Waals surface area contributed by atoms with Crippen molar-refractivity contribution in [3.8, 4) is 11.5 Å². The standard InChI is InChI=1S/C22H24N2O5/c1-13-19(22(26)24-7-9-27-10-8-24)20(21-15(23-13)3-2-4-16(21)25)14-5-6-17-18(11-14)29-12-28-17/h5-6,11,20,23H,2-4,7-10,12H2,1H3. The van der Waals surface area contributed by atoms with Gasteiger partial charge in [-0.05, 0) is 37.5 Å². The zero-order chi connectivity index (χ0) is 20.0. The van der Waals surface area contributed by atoms with Crippen molar-refractivity contribution in [1.29, 1.82) is 0 Å². The van der Waals surface area contributed by atoms with Gasteiger partial charge in [-0.25, -0.2) is 0 Å². The smallest absolute Gasteiger partial charge is 0.252 e. The number of carbonyl (C=O) groups excluding carboxylic acids is 2. The van der Waals surface area contributed by atoms with Crippen molar-refractivity contribution >= 4 is 11.7 Å². The van der Waals surface area contributed by atoms with E-state index < -0.39 is 5.92 Å². The van der Waals surface area contributed by atoms with Crippen molar-refractivity contribution in [3.05, 3.63) is 46.3 Å². The first kappa shape index (κ1) is 18.2. The van der Waals surface area contributed by atoms with E-state index in [1.165, 1.54) is 0 Å². The number of rotatable bonds is 2. The molecule has 1 amide bonds. The van der Waals surface area contributed by atoms with Gasteiger partial charge in [0.1, 0.15) is 0 Å². The summed E-state index contributed by atoms with van der Waals surface area (Å²) in [6.45, 7) is 4.30. The molecule has 152 valence electrons. The summed E-state index contributed by atoms with van der Waals surface area (Å²) in [5.41, 5.74) is 4.00. The second-order valence-corrected chi connectivity index (χ2v) is 7.78. The van der Waals surface area contributed by atoms with Crippen molar-refractivity contribution in [1.82, 2.24) is 10.2 Å². The molecule has 0 aromatic heterocycles. The topological polar surface area (TPSA) is 77.1 Å². The van der Waals surface area contributed by atoms with Crippen LogP contribution in [0.15, 0.2) is 40.7 Å². The monoisotopic (exact) mass is 396 g/mol. The van der Waals surface area contributed by atoms with Crippen molar-refractivity contribution in [2.75, 3.05) is 33.1 Å². The van der Waals surface area contributed by atoms with Crippen LogP contribution in [0.25, 0.3) is 0 Å². The van der Waals surface area contributed by atoms with Crippen LogP contribution in [0.1, 0.15) is 37.7 Å². The van der Waals surface area contributed by atoms with E-state index in [-0.39, 0.29) is 18.5 Å². The number of benzene rings is 1. The molecule has 7 heteroatoms. The molecule has 1 saturated heterocycles. The Labute approximate surface area is 169 Å². The van der Waals surface area contributed by atoms with Gasteiger partial charge in [-0.1, -0.05) is 6.07 Å². The third-order valence-corrected chi connectivity index (χ3v) is 6.03. The lowest BCUT2D eigenvalue weighted by Crippen LogP contribution is -2.44. The number of hydrogen-bond donors (Lipinski definition) is 1. The molecule has 0 spiro atoms. The maximum atomic E-state index is 13.5. The molecule has 1 aromatic rings. The fourth-order valence-corrected chi connectivity index (χ4v) is 4.63. The van der Waals surface area contributed by atoms with Crippen LogP contribution in [0.3, 0.4) is 0 Å². The van der Waals surface area contributed by atoms with E-state index >= 15 is 0 Å². The highest BCUT2D eigenvalue weighted by Crippen LogP contribution is 2.45. The third kappa shape index (κ3) is 3.09. The van der Waals surface area contributed by atoms with E-state index in [2.05, 4.69) is 5.32 Å². The Hall–Kier alpha value is -2.80. The maximum Gasteiger partial charge on any atom is 0.252 e. The summed E-state index contributed by atoms with van der Waals surface area (Å²) >= 11 is 0. The van der Waals surface area contributed by atoms with Gasteiger partial charge in [0, 0.05) is 48.0 Å². The van der Waals surface area contributed by atoms with E-state index in [0.717, 1.165) is 35.4 Å². The van der Waals surface area contributed by atoms with Crippen LogP contribution in [0.4, 0.5) is 0 Å². The number of carbonyl (C=O) groups is 2. The van der Waals surface area contributed by atoms with Crippen LogP contribution in [-0.2, 0) is 14.3 Å². The minimum Gasteiger partial charge on any atom is -0.454 e. The van der Waals surface area contributed by atoms with Gasteiger partial charge in [0.25, 0.3) is 5.91 Å².